The first-order valence-electron chi connectivity index (χ1n) is 26.0. The van der Waals surface area contributed by atoms with Gasteiger partial charge in [0.05, 0.1) is 77.6 Å². The molecule has 17 nitrogen and oxygen atoms in total. The fourth-order valence-corrected chi connectivity index (χ4v) is 9.45. The first-order chi connectivity index (χ1) is 41.2. The van der Waals surface area contributed by atoms with Gasteiger partial charge in [0.2, 0.25) is 18.2 Å². The number of nitrogens with zero attached hydrogens (tertiary/aromatic N) is 4. The number of aliphatic carboxylic acids is 1. The van der Waals surface area contributed by atoms with Crippen molar-refractivity contribution >= 4 is 148 Å². The van der Waals surface area contributed by atoms with Gasteiger partial charge in [-0.15, -0.1) is 0 Å². The van der Waals surface area contributed by atoms with Crippen molar-refractivity contribution in [2.75, 3.05) is 64.8 Å². The summed E-state index contributed by atoms with van der Waals surface area (Å²) in [5.41, 5.74) is -0.224. The summed E-state index contributed by atoms with van der Waals surface area (Å²) in [5.74, 6) is -1.19. The maximum Gasteiger partial charge on any atom is 0.286 e. The molecule has 1 aliphatic carbocycles. The van der Waals surface area contributed by atoms with Crippen LogP contribution in [0.3, 0.4) is 0 Å². The van der Waals surface area contributed by atoms with E-state index in [1.165, 1.54) is 27.7 Å². The van der Waals surface area contributed by atoms with Gasteiger partial charge in [0.15, 0.2) is 14.7 Å². The zero-order valence-corrected chi connectivity index (χ0v) is 59.5. The fourth-order valence-electron chi connectivity index (χ4n) is 7.03. The number of alkyl halides is 1. The number of halogens is 12. The minimum Gasteiger partial charge on any atom is -0.423 e. The van der Waals surface area contributed by atoms with Crippen molar-refractivity contribution in [2.24, 2.45) is 36.6 Å². The van der Waals surface area contributed by atoms with Crippen LogP contribution in [0.25, 0.3) is 0 Å². The minimum absolute atomic E-state index is 0. The number of carboxylic acid groups (broad SMARTS) is 1. The third-order valence-electron chi connectivity index (χ3n) is 11.2. The van der Waals surface area contributed by atoms with Gasteiger partial charge in [0.1, 0.15) is 12.0 Å². The molecule has 0 aliphatic heterocycles. The molecule has 1 saturated carbocycles. The average Bonchev–Trinajstić information content (AvgIpc) is 0.850. The van der Waals surface area contributed by atoms with E-state index in [4.69, 9.17) is 78.5 Å². The standard InChI is InChI=1S/C18H12Cl3S.C12H18N2O2.C10H8N2O2.C6H14O3.C5H10O4.C3H8O2.CH3I.CH4.F6P.HI2P/c19-13-1-7-16(8-2-13)22(17-9-3-14(20)4-10-17)18-11-5-15(21)6-12-18;1-11(2)4-10(14-9-16)5-12(3,6-11)7-13-8-15;11-7-14-6-10-3-1-2-9(4-10)5-12-8-13;1-2-6(3-7,4-8)5-9;1-5(2-6,3-7)4(8)9;1-5-3-2-4;1-2;;1-7(2,3,4,5)6;1-3-2/h1-12H;10H,4-7H2,1-3H3;1-4H,5-6H2;7-9H,2-5H2,1H3;6-7H,2-3H2,1H3,(H,8,9);4H,2-3H2,1H3;1H3;1H4;;3H/q+1;;;;;;;;-1;/i;;;;;;1D;;;3D. The van der Waals surface area contributed by atoms with E-state index < -0.39 is 41.6 Å². The second kappa shape index (κ2) is 49.0. The molecule has 0 heterocycles. The summed E-state index contributed by atoms with van der Waals surface area (Å²) in [6.45, 7) is 9.52. The van der Waals surface area contributed by atoms with Crippen LogP contribution < -0.4 is 0 Å². The number of nitriles is 1. The maximum absolute atomic E-state index is 10.7. The summed E-state index contributed by atoms with van der Waals surface area (Å²) >= 11 is 24.1. The molecule has 88 heavy (non-hydrogen) atoms. The topological polar surface area (TPSA) is 289 Å². The molecular formula is C56H78Cl3F6I3N4O13P2S. The van der Waals surface area contributed by atoms with E-state index in [9.17, 15) is 44.4 Å². The molecule has 1 aliphatic rings. The molecular weight excluding hydrogens is 1630 g/mol. The second-order valence-electron chi connectivity index (χ2n) is 19.4. The molecule has 7 N–H and O–H groups in total. The molecule has 0 amide bonds. The Hall–Kier alpha value is -2.65. The van der Waals surface area contributed by atoms with E-state index in [1.807, 2.05) is 90.2 Å². The number of carbonyl (C=O) groups excluding carboxylic acids is 3. The van der Waals surface area contributed by atoms with E-state index in [0.29, 0.717) is 31.0 Å². The minimum atomic E-state index is -10.7. The van der Waals surface area contributed by atoms with E-state index >= 15 is 0 Å². The van der Waals surface area contributed by atoms with E-state index in [1.54, 1.807) is 25.5 Å². The number of hydrogen-bond acceptors (Lipinski definition) is 16. The van der Waals surface area contributed by atoms with Crippen molar-refractivity contribution in [1.29, 1.82) is 6.54 Å². The molecule has 0 saturated heterocycles. The molecule has 2 unspecified atom stereocenters. The van der Waals surface area contributed by atoms with Crippen LogP contribution in [0, 0.1) is 33.2 Å². The number of benzene rings is 4. The van der Waals surface area contributed by atoms with Gasteiger partial charge in [0.25, 0.3) is 6.26 Å². The Morgan fingerprint density at radius 2 is 1.18 bits per heavy atom. The number of carboxylic acids is 1. The molecule has 4 aromatic rings. The summed E-state index contributed by atoms with van der Waals surface area (Å²) in [6, 6.07) is 31.2. The predicted molar refractivity (Wildman–Crippen MR) is 365 cm³/mol. The number of aliphatic hydroxyl groups excluding tert-OH is 6. The first kappa shape index (κ1) is 89.5. The quantitative estimate of drug-likeness (QED) is 0.00672. The molecule has 0 spiro atoms. The Bertz CT molecular complexity index is 2650. The van der Waals surface area contributed by atoms with Crippen LogP contribution in [0.4, 0.5) is 25.2 Å². The van der Waals surface area contributed by atoms with Crippen molar-refractivity contribution in [1.82, 2.24) is 0 Å². The molecule has 5 rings (SSSR count). The van der Waals surface area contributed by atoms with Gasteiger partial charge in [-0.25, -0.2) is 29.4 Å². The summed E-state index contributed by atoms with van der Waals surface area (Å²) < 4.78 is 80.6. The SMILES string of the molecule is C.CC(CO)(CO)C(=O)O.CC1(C)CC(N=C=O)CC(C)(CN=C=O)C1.CCC(CO)(CO)CO.COCCO.Clc1ccc([S+](c2ccc(Cl)cc2)c2ccc(Cl)cc2)cc1.F[P-](F)(F)(F)(F)F.N#COCc1cccc(CN=C=O)c1.[2H]CI.[2H]P(I)I. The zero-order valence-electron chi connectivity index (χ0n) is 50.1. The van der Waals surface area contributed by atoms with E-state index in [2.05, 4.69) is 126 Å². The Morgan fingerprint density at radius 1 is 0.784 bits per heavy atom. The Labute approximate surface area is 573 Å². The van der Waals surface area contributed by atoms with Gasteiger partial charge in [-0.3, -0.25) is 4.79 Å². The van der Waals surface area contributed by atoms with Crippen molar-refractivity contribution in [3.8, 4) is 6.26 Å². The number of rotatable bonds is 19. The predicted octanol–water partition coefficient (Wildman–Crippen LogP) is 16.0. The molecule has 32 heteroatoms. The third-order valence-corrected chi connectivity index (χ3v) is 14.2. The summed E-state index contributed by atoms with van der Waals surface area (Å²) in [6.07, 6.45) is 9.54. The number of isocyanates is 3. The fraction of sp³-hybridized carbons (Fsp3) is 0.482. The van der Waals surface area contributed by atoms with E-state index in [-0.39, 0.29) is 68.2 Å². The van der Waals surface area contributed by atoms with Crippen molar-refractivity contribution in [3.05, 3.63) is 123 Å². The largest absolute Gasteiger partial charge is 0.423 e. The number of aliphatic hydroxyl groups is 6. The van der Waals surface area contributed by atoms with Gasteiger partial charge in [-0.05, 0) is 176 Å². The van der Waals surface area contributed by atoms with Gasteiger partial charge in [-0.2, -0.15) is 5.26 Å². The molecule has 1 fully saturated rings. The van der Waals surface area contributed by atoms with Gasteiger partial charge in [-0.1, -0.05) is 117 Å². The Balaban J connectivity index is -0.000000320. The molecule has 0 radical (unpaired) electrons. The van der Waals surface area contributed by atoms with Crippen LogP contribution in [0.15, 0.2) is 127 Å². The first-order valence-corrected chi connectivity index (χ1v) is 37.2. The number of ether oxygens (including phenoxy) is 2. The second-order valence-corrected chi connectivity index (χ2v) is 33.2. The van der Waals surface area contributed by atoms with Crippen molar-refractivity contribution in [2.45, 2.75) is 102 Å². The molecule has 0 bridgehead atoms. The number of methoxy groups -OCH3 is 1. The maximum atomic E-state index is 10.3. The molecule has 500 valence electrons. The summed E-state index contributed by atoms with van der Waals surface area (Å²) in [7, 11) is -9.32. The van der Waals surface area contributed by atoms with Crippen LogP contribution >= 0.6 is 113 Å². The molecule has 0 aromatic heterocycles. The van der Waals surface area contributed by atoms with Crippen LogP contribution in [0.5, 0.6) is 0 Å². The van der Waals surface area contributed by atoms with Gasteiger partial charge < -0.3 is 45.2 Å². The number of carbonyl (C=O) groups is 1. The zero-order chi connectivity index (χ0) is 69.6. The monoisotopic (exact) mass is 1710 g/mol. The Kier molecular flexibility index (Phi) is 49.9. The molecule has 4 aromatic carbocycles. The van der Waals surface area contributed by atoms with Crippen LogP contribution in [-0.2, 0) is 52.7 Å². The van der Waals surface area contributed by atoms with E-state index in [0.717, 1.165) is 45.5 Å². The van der Waals surface area contributed by atoms with Crippen LogP contribution in [0.2, 0.25) is 15.1 Å². The number of hydrogen-bond donors (Lipinski definition) is 7. The van der Waals surface area contributed by atoms with Crippen LogP contribution in [-0.4, -0.2) is 132 Å². The number of aliphatic imine (C=N–C) groups is 3. The summed E-state index contributed by atoms with van der Waals surface area (Å²) in [4.78, 5) is 55.6. The smallest absolute Gasteiger partial charge is 0.286 e. The van der Waals surface area contributed by atoms with Gasteiger partial charge >= 0.3 is 39.0 Å². The third kappa shape index (κ3) is 49.0. The summed E-state index contributed by atoms with van der Waals surface area (Å²) in [5, 5.41) is 69.5. The van der Waals surface area contributed by atoms with Crippen molar-refractivity contribution < 1.29 is 90.9 Å². The Morgan fingerprint density at radius 3 is 1.45 bits per heavy atom. The normalized spacial score (nSPS) is 15.3. The van der Waals surface area contributed by atoms with Gasteiger partial charge in [0, 0.05) is 32.8 Å². The van der Waals surface area contributed by atoms with Crippen molar-refractivity contribution in [3.63, 3.8) is 0 Å². The van der Waals surface area contributed by atoms with Crippen LogP contribution in [0.1, 0.15) is 80.2 Å². The molecule has 2 atom stereocenters. The average molecular weight is 1710 g/mol.